The molecule has 5 aromatic rings. The Morgan fingerprint density at radius 2 is 1.67 bits per heavy atom. The van der Waals surface area contributed by atoms with Crippen molar-refractivity contribution in [2.45, 2.75) is 11.8 Å². The molecule has 0 saturated carbocycles. The molecule has 0 saturated heterocycles. The van der Waals surface area contributed by atoms with Crippen LogP contribution in [0, 0.1) is 6.92 Å². The highest BCUT2D eigenvalue weighted by Crippen LogP contribution is 2.32. The maximum Gasteiger partial charge on any atom is 0.272 e. The molecule has 3 N–H and O–H groups in total. The number of aromatic nitrogens is 1. The Morgan fingerprint density at radius 3 is 2.42 bits per heavy atom. The van der Waals surface area contributed by atoms with Crippen LogP contribution in [0.2, 0.25) is 10.0 Å². The molecule has 3 amide bonds. The Bertz CT molecular complexity index is 1880. The largest absolute Gasteiger partial charge is 0.321 e. The van der Waals surface area contributed by atoms with Gasteiger partial charge in [-0.05, 0) is 67.1 Å². The van der Waals surface area contributed by atoms with Crippen LogP contribution >= 0.6 is 46.3 Å². The van der Waals surface area contributed by atoms with Crippen LogP contribution in [0.3, 0.4) is 0 Å². The zero-order chi connectivity index (χ0) is 31.8. The van der Waals surface area contributed by atoms with Crippen LogP contribution in [-0.2, 0) is 9.59 Å². The molecule has 0 spiro atoms. The fraction of sp³-hybridized carbons (Fsp3) is 0.0588. The summed E-state index contributed by atoms with van der Waals surface area (Å²) in [4.78, 5) is 44.2. The lowest BCUT2D eigenvalue weighted by Crippen LogP contribution is -2.30. The fourth-order valence-electron chi connectivity index (χ4n) is 4.09. The average molecular weight is 674 g/mol. The molecule has 4 aromatic carbocycles. The number of halogens is 2. The van der Waals surface area contributed by atoms with E-state index in [1.165, 1.54) is 23.1 Å². The number of amides is 3. The maximum absolute atomic E-state index is 13.4. The number of thioether (sulfide) groups is 1. The quantitative estimate of drug-likeness (QED) is 0.102. The van der Waals surface area contributed by atoms with Gasteiger partial charge in [-0.2, -0.15) is 0 Å². The summed E-state index contributed by atoms with van der Waals surface area (Å²) in [6, 6.07) is 28.6. The van der Waals surface area contributed by atoms with Crippen LogP contribution in [0.4, 0.5) is 10.8 Å². The van der Waals surface area contributed by atoms with Crippen molar-refractivity contribution in [1.29, 1.82) is 0 Å². The third-order valence-electron chi connectivity index (χ3n) is 6.34. The number of nitrogens with zero attached hydrogens (tertiary/aromatic N) is 1. The third kappa shape index (κ3) is 9.06. The van der Waals surface area contributed by atoms with Crippen molar-refractivity contribution in [3.05, 3.63) is 135 Å². The van der Waals surface area contributed by atoms with E-state index in [4.69, 9.17) is 23.2 Å². The smallest absolute Gasteiger partial charge is 0.272 e. The predicted octanol–water partition coefficient (Wildman–Crippen LogP) is 8.57. The highest BCUT2D eigenvalue weighted by atomic mass is 35.5. The molecule has 0 aliphatic rings. The zero-order valence-electron chi connectivity index (χ0n) is 23.8. The van der Waals surface area contributed by atoms with E-state index in [-0.39, 0.29) is 17.4 Å². The van der Waals surface area contributed by atoms with E-state index in [9.17, 15) is 14.4 Å². The van der Waals surface area contributed by atoms with Crippen molar-refractivity contribution in [2.75, 3.05) is 16.4 Å². The van der Waals surface area contributed by atoms with Gasteiger partial charge in [0, 0.05) is 32.1 Å². The van der Waals surface area contributed by atoms with Gasteiger partial charge in [-0.3, -0.25) is 14.4 Å². The van der Waals surface area contributed by atoms with E-state index in [0.29, 0.717) is 32.1 Å². The molecule has 226 valence electrons. The minimum absolute atomic E-state index is 0.0906. The lowest BCUT2D eigenvalue weighted by Gasteiger charge is -2.12. The average Bonchev–Trinajstić information content (AvgIpc) is 3.49. The summed E-state index contributed by atoms with van der Waals surface area (Å²) in [6.07, 6.45) is 1.63. The molecule has 1 heterocycles. The Hall–Kier alpha value is -4.41. The molecule has 5 rings (SSSR count). The van der Waals surface area contributed by atoms with Crippen LogP contribution in [-0.4, -0.2) is 28.5 Å². The van der Waals surface area contributed by atoms with Crippen LogP contribution in [0.15, 0.2) is 113 Å². The Balaban J connectivity index is 1.22. The van der Waals surface area contributed by atoms with E-state index in [1.54, 1.807) is 66.7 Å². The SMILES string of the molecule is Cc1ccc(/C=C(\NC(=O)c2ccccc2)C(=O)Nc2cccc(SCC(=O)Nc3nc(-c4ccc(Cl)cc4Cl)cs3)c2)cc1. The normalized spacial score (nSPS) is 11.1. The lowest BCUT2D eigenvalue weighted by molar-refractivity contribution is -0.114. The monoisotopic (exact) mass is 672 g/mol. The molecular weight excluding hydrogens is 647 g/mol. The first-order valence-electron chi connectivity index (χ1n) is 13.6. The highest BCUT2D eigenvalue weighted by Gasteiger charge is 2.16. The molecule has 0 unspecified atom stereocenters. The van der Waals surface area contributed by atoms with Gasteiger partial charge in [0.25, 0.3) is 11.8 Å². The number of nitrogens with one attached hydrogen (secondary N) is 3. The Kier molecular flexibility index (Phi) is 10.7. The lowest BCUT2D eigenvalue weighted by atomic mass is 10.1. The number of benzene rings is 4. The fourth-order valence-corrected chi connectivity index (χ4v) is 6.08. The van der Waals surface area contributed by atoms with Crippen LogP contribution < -0.4 is 16.0 Å². The molecule has 11 heteroatoms. The number of aryl methyl sites for hydroxylation is 1. The molecule has 45 heavy (non-hydrogen) atoms. The van der Waals surface area contributed by atoms with Gasteiger partial charge >= 0.3 is 0 Å². The van der Waals surface area contributed by atoms with Crippen LogP contribution in [0.1, 0.15) is 21.5 Å². The zero-order valence-corrected chi connectivity index (χ0v) is 27.0. The second-order valence-electron chi connectivity index (χ2n) is 9.77. The van der Waals surface area contributed by atoms with Gasteiger partial charge in [0.2, 0.25) is 5.91 Å². The van der Waals surface area contributed by atoms with Gasteiger partial charge in [-0.15, -0.1) is 23.1 Å². The minimum Gasteiger partial charge on any atom is -0.321 e. The van der Waals surface area contributed by atoms with Crippen molar-refractivity contribution in [3.63, 3.8) is 0 Å². The molecule has 0 fully saturated rings. The summed E-state index contributed by atoms with van der Waals surface area (Å²) < 4.78 is 0. The van der Waals surface area contributed by atoms with Gasteiger partial charge in [0.15, 0.2) is 5.13 Å². The highest BCUT2D eigenvalue weighted by molar-refractivity contribution is 8.00. The molecule has 0 aliphatic heterocycles. The van der Waals surface area contributed by atoms with Crippen molar-refractivity contribution < 1.29 is 14.4 Å². The summed E-state index contributed by atoms with van der Waals surface area (Å²) in [5.74, 6) is -0.993. The van der Waals surface area contributed by atoms with E-state index in [1.807, 2.05) is 48.7 Å². The van der Waals surface area contributed by atoms with E-state index >= 15 is 0 Å². The van der Waals surface area contributed by atoms with E-state index in [2.05, 4.69) is 20.9 Å². The van der Waals surface area contributed by atoms with Gasteiger partial charge in [-0.25, -0.2) is 4.98 Å². The molecule has 0 radical (unpaired) electrons. The summed E-state index contributed by atoms with van der Waals surface area (Å²) in [7, 11) is 0. The third-order valence-corrected chi connectivity index (χ3v) is 8.64. The number of carbonyl (C=O) groups excluding carboxylic acids is 3. The first-order chi connectivity index (χ1) is 21.7. The van der Waals surface area contributed by atoms with E-state index < -0.39 is 11.8 Å². The summed E-state index contributed by atoms with van der Waals surface area (Å²) in [5, 5.41) is 11.7. The number of anilines is 2. The van der Waals surface area contributed by atoms with Crippen molar-refractivity contribution in [2.24, 2.45) is 0 Å². The Labute approximate surface area is 278 Å². The number of rotatable bonds is 10. The molecule has 0 aliphatic carbocycles. The number of hydrogen-bond donors (Lipinski definition) is 3. The number of hydrogen-bond acceptors (Lipinski definition) is 6. The van der Waals surface area contributed by atoms with Crippen molar-refractivity contribution >= 4 is 80.9 Å². The van der Waals surface area contributed by atoms with E-state index in [0.717, 1.165) is 21.6 Å². The number of carbonyl (C=O) groups is 3. The topological polar surface area (TPSA) is 100 Å². The molecule has 0 atom stereocenters. The summed E-state index contributed by atoms with van der Waals surface area (Å²) >= 11 is 14.9. The van der Waals surface area contributed by atoms with Crippen LogP contribution in [0.25, 0.3) is 17.3 Å². The molecule has 7 nitrogen and oxygen atoms in total. The van der Waals surface area contributed by atoms with Gasteiger partial charge in [0.05, 0.1) is 16.5 Å². The second kappa shape index (κ2) is 15.0. The first-order valence-corrected chi connectivity index (χ1v) is 16.3. The molecule has 0 bridgehead atoms. The standard InChI is InChI=1S/C34H26Cl2N4O3S2/c1-21-10-12-22(13-11-21)16-29(38-32(42)23-6-3-2-4-7-23)33(43)37-25-8-5-9-26(18-25)44-20-31(41)40-34-39-30(19-45-34)27-15-14-24(35)17-28(27)36/h2-19H,20H2,1H3,(H,37,43)(H,38,42)(H,39,40,41)/b29-16-. The maximum atomic E-state index is 13.4. The second-order valence-corrected chi connectivity index (χ2v) is 12.5. The van der Waals surface area contributed by atoms with Gasteiger partial charge in [0.1, 0.15) is 5.70 Å². The van der Waals surface area contributed by atoms with Crippen molar-refractivity contribution in [1.82, 2.24) is 10.3 Å². The predicted molar refractivity (Wildman–Crippen MR) is 185 cm³/mol. The summed E-state index contributed by atoms with van der Waals surface area (Å²) in [5.41, 5.74) is 4.24. The Morgan fingerprint density at radius 1 is 0.889 bits per heavy atom. The molecule has 1 aromatic heterocycles. The van der Waals surface area contributed by atoms with Crippen LogP contribution in [0.5, 0.6) is 0 Å². The minimum atomic E-state index is -0.486. The van der Waals surface area contributed by atoms with Gasteiger partial charge in [-0.1, -0.05) is 77.3 Å². The van der Waals surface area contributed by atoms with Gasteiger partial charge < -0.3 is 16.0 Å². The van der Waals surface area contributed by atoms with Crippen molar-refractivity contribution in [3.8, 4) is 11.3 Å². The number of thiazole rings is 1. The summed E-state index contributed by atoms with van der Waals surface area (Å²) in [6.45, 7) is 1.97. The first kappa shape index (κ1) is 32.0. The molecular formula is C34H26Cl2N4O3S2.